The van der Waals surface area contributed by atoms with Crippen molar-refractivity contribution in [2.75, 3.05) is 7.11 Å². The van der Waals surface area contributed by atoms with E-state index in [2.05, 4.69) is 22.8 Å². The van der Waals surface area contributed by atoms with Crippen LogP contribution in [0.5, 0.6) is 5.75 Å². The summed E-state index contributed by atoms with van der Waals surface area (Å²) in [5, 5.41) is 0. The topological polar surface area (TPSA) is 40.2 Å². The predicted octanol–water partition coefficient (Wildman–Crippen LogP) is 4.86. The molecule has 0 spiro atoms. The fourth-order valence-corrected chi connectivity index (χ4v) is 2.84. The molecular weight excluding hydrogens is 312 g/mol. The zero-order valence-corrected chi connectivity index (χ0v) is 13.9. The van der Waals surface area contributed by atoms with Gasteiger partial charge in [-0.05, 0) is 54.1 Å². The molecule has 4 aromatic rings. The van der Waals surface area contributed by atoms with E-state index in [1.165, 1.54) is 5.56 Å². The summed E-state index contributed by atoms with van der Waals surface area (Å²) < 4.78 is 12.8. The molecule has 0 bridgehead atoms. The van der Waals surface area contributed by atoms with Crippen LogP contribution in [0.3, 0.4) is 0 Å². The number of para-hydroxylation sites is 2. The van der Waals surface area contributed by atoms with E-state index in [9.17, 15) is 0 Å². The molecule has 0 aliphatic heterocycles. The van der Waals surface area contributed by atoms with Crippen molar-refractivity contribution in [3.63, 3.8) is 0 Å². The van der Waals surface area contributed by atoms with Gasteiger partial charge in [0.05, 0.1) is 24.4 Å². The lowest BCUT2D eigenvalue weighted by molar-refractivity contribution is 0.414. The van der Waals surface area contributed by atoms with Gasteiger partial charge in [-0.25, -0.2) is 4.98 Å². The first-order chi connectivity index (χ1) is 12.3. The van der Waals surface area contributed by atoms with E-state index >= 15 is 0 Å². The minimum absolute atomic E-state index is 0.738. The Morgan fingerprint density at radius 2 is 1.84 bits per heavy atom. The fraction of sp³-hybridized carbons (Fsp3) is 0.0952. The first kappa shape index (κ1) is 15.3. The molecule has 0 aliphatic rings. The SMILES string of the molecule is COc1ccc(Cn2c(/C=C/c3ccco3)nc3ccccc32)cc1. The van der Waals surface area contributed by atoms with E-state index in [1.54, 1.807) is 13.4 Å². The number of imidazole rings is 1. The molecule has 0 unspecified atom stereocenters. The van der Waals surface area contributed by atoms with Crippen LogP contribution >= 0.6 is 0 Å². The quantitative estimate of drug-likeness (QED) is 0.525. The van der Waals surface area contributed by atoms with Gasteiger partial charge in [-0.1, -0.05) is 24.3 Å². The summed E-state index contributed by atoms with van der Waals surface area (Å²) >= 11 is 0. The lowest BCUT2D eigenvalue weighted by atomic mass is 10.2. The van der Waals surface area contributed by atoms with Crippen molar-refractivity contribution in [2.24, 2.45) is 0 Å². The van der Waals surface area contributed by atoms with Crippen molar-refractivity contribution in [3.05, 3.63) is 84.1 Å². The molecular formula is C21H18N2O2. The molecule has 4 rings (SSSR count). The maximum absolute atomic E-state index is 5.38. The summed E-state index contributed by atoms with van der Waals surface area (Å²) in [7, 11) is 1.68. The normalized spacial score (nSPS) is 11.4. The molecule has 2 aromatic heterocycles. The highest BCUT2D eigenvalue weighted by molar-refractivity contribution is 5.79. The fourth-order valence-electron chi connectivity index (χ4n) is 2.84. The largest absolute Gasteiger partial charge is 0.497 e. The third kappa shape index (κ3) is 3.19. The number of furan rings is 1. The zero-order chi connectivity index (χ0) is 17.1. The number of benzene rings is 2. The van der Waals surface area contributed by atoms with Crippen LogP contribution in [0.2, 0.25) is 0 Å². The number of ether oxygens (including phenoxy) is 1. The molecule has 4 nitrogen and oxygen atoms in total. The van der Waals surface area contributed by atoms with E-state index in [4.69, 9.17) is 14.1 Å². The summed E-state index contributed by atoms with van der Waals surface area (Å²) in [6.45, 7) is 0.738. The molecule has 25 heavy (non-hydrogen) atoms. The minimum atomic E-state index is 0.738. The van der Waals surface area contributed by atoms with Crippen LogP contribution < -0.4 is 4.74 Å². The van der Waals surface area contributed by atoms with Crippen LogP contribution in [0.1, 0.15) is 17.1 Å². The Kier molecular flexibility index (Phi) is 4.09. The summed E-state index contributed by atoms with van der Waals surface area (Å²) in [6, 6.07) is 20.1. The monoisotopic (exact) mass is 330 g/mol. The van der Waals surface area contributed by atoms with Gasteiger partial charge in [0.15, 0.2) is 0 Å². The average Bonchev–Trinajstić information content (AvgIpc) is 3.29. The molecule has 0 radical (unpaired) electrons. The van der Waals surface area contributed by atoms with Gasteiger partial charge in [0.2, 0.25) is 0 Å². The Hall–Kier alpha value is -3.27. The first-order valence-corrected chi connectivity index (χ1v) is 8.13. The predicted molar refractivity (Wildman–Crippen MR) is 99.5 cm³/mol. The molecule has 0 saturated heterocycles. The Balaban J connectivity index is 1.73. The summed E-state index contributed by atoms with van der Waals surface area (Å²) in [4.78, 5) is 4.75. The minimum Gasteiger partial charge on any atom is -0.497 e. The standard InChI is InChI=1S/C21H18N2O2/c1-24-17-10-8-16(9-11-17)15-23-20-7-3-2-6-19(20)22-21(23)13-12-18-5-4-14-25-18/h2-14H,15H2,1H3/b13-12+. The van der Waals surface area contributed by atoms with E-state index in [0.717, 1.165) is 34.9 Å². The van der Waals surface area contributed by atoms with Crippen LogP contribution in [0.4, 0.5) is 0 Å². The number of methoxy groups -OCH3 is 1. The molecule has 4 heteroatoms. The summed E-state index contributed by atoms with van der Waals surface area (Å²) in [5.41, 5.74) is 3.28. The lowest BCUT2D eigenvalue weighted by Crippen LogP contribution is -2.02. The Morgan fingerprint density at radius 1 is 1.00 bits per heavy atom. The first-order valence-electron chi connectivity index (χ1n) is 8.13. The number of hydrogen-bond donors (Lipinski definition) is 0. The van der Waals surface area contributed by atoms with E-state index < -0.39 is 0 Å². The molecule has 0 atom stereocenters. The van der Waals surface area contributed by atoms with Gasteiger partial charge in [-0.15, -0.1) is 0 Å². The van der Waals surface area contributed by atoms with Gasteiger partial charge in [0, 0.05) is 6.54 Å². The molecule has 0 aliphatic carbocycles. The molecule has 124 valence electrons. The molecule has 2 heterocycles. The second-order valence-corrected chi connectivity index (χ2v) is 5.74. The van der Waals surface area contributed by atoms with Crippen molar-refractivity contribution in [1.29, 1.82) is 0 Å². The smallest absolute Gasteiger partial charge is 0.134 e. The number of rotatable bonds is 5. The highest BCUT2D eigenvalue weighted by Crippen LogP contribution is 2.21. The second-order valence-electron chi connectivity index (χ2n) is 5.74. The van der Waals surface area contributed by atoms with Crippen LogP contribution in [-0.2, 0) is 6.54 Å². The third-order valence-corrected chi connectivity index (χ3v) is 4.12. The zero-order valence-electron chi connectivity index (χ0n) is 13.9. The van der Waals surface area contributed by atoms with Gasteiger partial charge < -0.3 is 13.7 Å². The van der Waals surface area contributed by atoms with Gasteiger partial charge >= 0.3 is 0 Å². The summed E-state index contributed by atoms with van der Waals surface area (Å²) in [6.07, 6.45) is 5.59. The Labute approximate surface area is 146 Å². The van der Waals surface area contributed by atoms with Gasteiger partial charge in [-0.3, -0.25) is 0 Å². The molecule has 2 aromatic carbocycles. The number of nitrogens with zero attached hydrogens (tertiary/aromatic N) is 2. The Bertz CT molecular complexity index is 996. The van der Waals surface area contributed by atoms with Gasteiger partial charge in [0.1, 0.15) is 17.3 Å². The lowest BCUT2D eigenvalue weighted by Gasteiger charge is -2.08. The molecule has 0 amide bonds. The maximum Gasteiger partial charge on any atom is 0.134 e. The number of hydrogen-bond acceptors (Lipinski definition) is 3. The molecule has 0 N–H and O–H groups in total. The molecule has 0 saturated carbocycles. The van der Waals surface area contributed by atoms with E-state index in [-0.39, 0.29) is 0 Å². The van der Waals surface area contributed by atoms with Crippen LogP contribution in [0, 0.1) is 0 Å². The van der Waals surface area contributed by atoms with Crippen molar-refractivity contribution in [3.8, 4) is 5.75 Å². The van der Waals surface area contributed by atoms with E-state index in [1.807, 2.05) is 54.6 Å². The second kappa shape index (κ2) is 6.69. The van der Waals surface area contributed by atoms with Crippen LogP contribution in [0.15, 0.2) is 71.3 Å². The maximum atomic E-state index is 5.38. The number of fused-ring (bicyclic) bond motifs is 1. The molecule has 0 fully saturated rings. The van der Waals surface area contributed by atoms with Crippen molar-refractivity contribution >= 4 is 23.2 Å². The van der Waals surface area contributed by atoms with Crippen LogP contribution in [0.25, 0.3) is 23.2 Å². The van der Waals surface area contributed by atoms with E-state index in [0.29, 0.717) is 0 Å². The van der Waals surface area contributed by atoms with Crippen LogP contribution in [-0.4, -0.2) is 16.7 Å². The van der Waals surface area contributed by atoms with Crippen molar-refractivity contribution < 1.29 is 9.15 Å². The summed E-state index contributed by atoms with van der Waals surface area (Å²) in [5.74, 6) is 2.56. The average molecular weight is 330 g/mol. The van der Waals surface area contributed by atoms with Gasteiger partial charge in [-0.2, -0.15) is 0 Å². The highest BCUT2D eigenvalue weighted by atomic mass is 16.5. The Morgan fingerprint density at radius 3 is 2.60 bits per heavy atom. The van der Waals surface area contributed by atoms with Crippen molar-refractivity contribution in [2.45, 2.75) is 6.54 Å². The third-order valence-electron chi connectivity index (χ3n) is 4.12. The van der Waals surface area contributed by atoms with Gasteiger partial charge in [0.25, 0.3) is 0 Å². The van der Waals surface area contributed by atoms with Crippen molar-refractivity contribution in [1.82, 2.24) is 9.55 Å². The highest BCUT2D eigenvalue weighted by Gasteiger charge is 2.09. The number of aromatic nitrogens is 2.